The SMILES string of the molecule is Cc1ccc(N)cc1S(=O)(=O)CCC(C)(C)C#N. The van der Waals surface area contributed by atoms with Gasteiger partial charge in [0, 0.05) is 5.69 Å². The predicted molar refractivity (Wildman–Crippen MR) is 71.7 cm³/mol. The van der Waals surface area contributed by atoms with E-state index in [4.69, 9.17) is 11.0 Å². The summed E-state index contributed by atoms with van der Waals surface area (Å²) in [7, 11) is -3.39. The van der Waals surface area contributed by atoms with E-state index in [1.807, 2.05) is 0 Å². The van der Waals surface area contributed by atoms with Gasteiger partial charge in [-0.15, -0.1) is 0 Å². The molecule has 1 rings (SSSR count). The van der Waals surface area contributed by atoms with Crippen molar-refractivity contribution in [3.05, 3.63) is 23.8 Å². The van der Waals surface area contributed by atoms with Gasteiger partial charge in [-0.2, -0.15) is 5.26 Å². The van der Waals surface area contributed by atoms with Crippen LogP contribution >= 0.6 is 0 Å². The molecule has 0 aliphatic carbocycles. The van der Waals surface area contributed by atoms with Gasteiger partial charge >= 0.3 is 0 Å². The molecule has 0 atom stereocenters. The fraction of sp³-hybridized carbons (Fsp3) is 0.462. The van der Waals surface area contributed by atoms with Crippen LogP contribution < -0.4 is 5.73 Å². The maximum absolute atomic E-state index is 12.2. The van der Waals surface area contributed by atoms with Crippen LogP contribution in [-0.4, -0.2) is 14.2 Å². The van der Waals surface area contributed by atoms with E-state index in [0.29, 0.717) is 17.7 Å². The Balaban J connectivity index is 3.02. The monoisotopic (exact) mass is 266 g/mol. The highest BCUT2D eigenvalue weighted by Gasteiger charge is 2.23. The number of hydrogen-bond acceptors (Lipinski definition) is 4. The Bertz CT molecular complexity index is 583. The van der Waals surface area contributed by atoms with Crippen molar-refractivity contribution in [2.24, 2.45) is 5.41 Å². The number of rotatable bonds is 4. The highest BCUT2D eigenvalue weighted by atomic mass is 32.2. The lowest BCUT2D eigenvalue weighted by molar-refractivity contribution is 0.473. The zero-order chi connectivity index (χ0) is 14.0. The molecule has 0 aromatic heterocycles. The van der Waals surface area contributed by atoms with Crippen LogP contribution in [-0.2, 0) is 9.84 Å². The normalized spacial score (nSPS) is 12.1. The van der Waals surface area contributed by atoms with Crippen LogP contribution in [0.3, 0.4) is 0 Å². The maximum atomic E-state index is 12.2. The number of hydrogen-bond donors (Lipinski definition) is 1. The zero-order valence-corrected chi connectivity index (χ0v) is 11.7. The standard InChI is InChI=1S/C13H18N2O2S/c1-10-4-5-11(15)8-12(10)18(16,17)7-6-13(2,3)9-14/h4-5,8H,6-7,15H2,1-3H3. The summed E-state index contributed by atoms with van der Waals surface area (Å²) < 4.78 is 24.4. The molecule has 1 aromatic carbocycles. The van der Waals surface area contributed by atoms with Crippen molar-refractivity contribution >= 4 is 15.5 Å². The first-order valence-corrected chi connectivity index (χ1v) is 7.33. The molecule has 4 nitrogen and oxygen atoms in total. The molecular weight excluding hydrogens is 248 g/mol. The summed E-state index contributed by atoms with van der Waals surface area (Å²) in [6.07, 6.45) is 0.306. The van der Waals surface area contributed by atoms with Crippen molar-refractivity contribution in [1.29, 1.82) is 5.26 Å². The second-order valence-electron chi connectivity index (χ2n) is 5.09. The number of aryl methyl sites for hydroxylation is 1. The highest BCUT2D eigenvalue weighted by molar-refractivity contribution is 7.91. The second kappa shape index (κ2) is 4.99. The van der Waals surface area contributed by atoms with Crippen molar-refractivity contribution in [2.75, 3.05) is 11.5 Å². The number of nitrogen functional groups attached to an aromatic ring is 1. The molecule has 0 radical (unpaired) electrons. The van der Waals surface area contributed by atoms with Gasteiger partial charge in [-0.1, -0.05) is 6.07 Å². The Morgan fingerprint density at radius 3 is 2.56 bits per heavy atom. The van der Waals surface area contributed by atoms with Crippen molar-refractivity contribution in [3.63, 3.8) is 0 Å². The van der Waals surface area contributed by atoms with Crippen LogP contribution in [0.2, 0.25) is 0 Å². The van der Waals surface area contributed by atoms with E-state index in [0.717, 1.165) is 0 Å². The molecule has 0 fully saturated rings. The smallest absolute Gasteiger partial charge is 0.178 e. The maximum Gasteiger partial charge on any atom is 0.178 e. The van der Waals surface area contributed by atoms with Crippen LogP contribution in [0.4, 0.5) is 5.69 Å². The summed E-state index contributed by atoms with van der Waals surface area (Å²) in [4.78, 5) is 0.260. The molecule has 0 spiro atoms. The lowest BCUT2D eigenvalue weighted by atomic mass is 9.93. The third-order valence-electron chi connectivity index (χ3n) is 2.85. The number of nitrogens with zero attached hydrogens (tertiary/aromatic N) is 1. The first-order valence-electron chi connectivity index (χ1n) is 5.68. The van der Waals surface area contributed by atoms with E-state index in [9.17, 15) is 8.42 Å². The van der Waals surface area contributed by atoms with Gasteiger partial charge in [-0.05, 0) is 44.9 Å². The molecule has 2 N–H and O–H groups in total. The molecule has 0 aliphatic heterocycles. The average Bonchev–Trinajstić information content (AvgIpc) is 2.30. The van der Waals surface area contributed by atoms with Crippen molar-refractivity contribution in [2.45, 2.75) is 32.1 Å². The summed E-state index contributed by atoms with van der Waals surface area (Å²) in [5, 5.41) is 8.90. The Hall–Kier alpha value is -1.54. The minimum Gasteiger partial charge on any atom is -0.399 e. The van der Waals surface area contributed by atoms with Crippen LogP contribution in [0, 0.1) is 23.7 Å². The van der Waals surface area contributed by atoms with Crippen molar-refractivity contribution in [3.8, 4) is 6.07 Å². The lowest BCUT2D eigenvalue weighted by Crippen LogP contribution is -2.17. The molecule has 0 bridgehead atoms. The number of sulfone groups is 1. The number of nitriles is 1. The van der Waals surface area contributed by atoms with Crippen molar-refractivity contribution < 1.29 is 8.42 Å². The fourth-order valence-corrected chi connectivity index (χ4v) is 3.38. The van der Waals surface area contributed by atoms with E-state index < -0.39 is 15.3 Å². The Labute approximate surface area is 108 Å². The van der Waals surface area contributed by atoms with E-state index in [2.05, 4.69) is 6.07 Å². The Morgan fingerprint density at radius 2 is 2.00 bits per heavy atom. The molecular formula is C13H18N2O2S. The molecule has 0 amide bonds. The molecule has 0 saturated heterocycles. The number of anilines is 1. The Kier molecular flexibility index (Phi) is 4.02. The van der Waals surface area contributed by atoms with E-state index in [1.165, 1.54) is 6.07 Å². The van der Waals surface area contributed by atoms with Crippen LogP contribution in [0.15, 0.2) is 23.1 Å². The number of benzene rings is 1. The summed E-state index contributed by atoms with van der Waals surface area (Å²) >= 11 is 0. The topological polar surface area (TPSA) is 84.0 Å². The van der Waals surface area contributed by atoms with E-state index in [1.54, 1.807) is 32.9 Å². The average molecular weight is 266 g/mol. The predicted octanol–water partition coefficient (Wildman–Crippen LogP) is 2.29. The number of nitrogens with two attached hydrogens (primary N) is 1. The fourth-order valence-electron chi connectivity index (χ4n) is 1.51. The van der Waals surface area contributed by atoms with Gasteiger partial charge in [0.2, 0.25) is 0 Å². The van der Waals surface area contributed by atoms with Crippen LogP contribution in [0.5, 0.6) is 0 Å². The molecule has 18 heavy (non-hydrogen) atoms. The van der Waals surface area contributed by atoms with Gasteiger partial charge in [-0.25, -0.2) is 8.42 Å². The van der Waals surface area contributed by atoms with Gasteiger partial charge in [0.25, 0.3) is 0 Å². The molecule has 0 heterocycles. The van der Waals surface area contributed by atoms with Gasteiger partial charge in [0.05, 0.1) is 22.1 Å². The zero-order valence-electron chi connectivity index (χ0n) is 10.9. The third-order valence-corrected chi connectivity index (χ3v) is 4.70. The van der Waals surface area contributed by atoms with Gasteiger partial charge < -0.3 is 5.73 Å². The lowest BCUT2D eigenvalue weighted by Gasteiger charge is -2.15. The largest absolute Gasteiger partial charge is 0.399 e. The van der Waals surface area contributed by atoms with Crippen LogP contribution in [0.25, 0.3) is 0 Å². The molecule has 0 unspecified atom stereocenters. The molecule has 0 saturated carbocycles. The van der Waals surface area contributed by atoms with Crippen LogP contribution in [0.1, 0.15) is 25.8 Å². The van der Waals surface area contributed by atoms with E-state index >= 15 is 0 Å². The highest BCUT2D eigenvalue weighted by Crippen LogP contribution is 2.25. The summed E-state index contributed by atoms with van der Waals surface area (Å²) in [6.45, 7) is 5.20. The summed E-state index contributed by atoms with van der Waals surface area (Å²) in [6, 6.07) is 6.94. The first kappa shape index (κ1) is 14.5. The third kappa shape index (κ3) is 3.47. The molecule has 98 valence electrons. The van der Waals surface area contributed by atoms with E-state index in [-0.39, 0.29) is 10.6 Å². The first-order chi connectivity index (χ1) is 8.18. The summed E-state index contributed by atoms with van der Waals surface area (Å²) in [5.41, 5.74) is 6.09. The van der Waals surface area contributed by atoms with Gasteiger partial charge in [0.15, 0.2) is 9.84 Å². The quantitative estimate of drug-likeness (QED) is 0.847. The summed E-state index contributed by atoms with van der Waals surface area (Å²) in [5.74, 6) is -0.0438. The molecule has 5 heteroatoms. The van der Waals surface area contributed by atoms with Gasteiger partial charge in [-0.3, -0.25) is 0 Å². The minimum absolute atomic E-state index is 0.0438. The minimum atomic E-state index is -3.39. The Morgan fingerprint density at radius 1 is 1.39 bits per heavy atom. The molecule has 1 aromatic rings. The second-order valence-corrected chi connectivity index (χ2v) is 7.17. The van der Waals surface area contributed by atoms with Gasteiger partial charge in [0.1, 0.15) is 0 Å². The molecule has 0 aliphatic rings. The van der Waals surface area contributed by atoms with Crippen molar-refractivity contribution in [1.82, 2.24) is 0 Å².